The fraction of sp³-hybridized carbons (Fsp3) is 0.462. The zero-order chi connectivity index (χ0) is 27.2. The minimum Gasteiger partial charge on any atom is -0.493 e. The van der Waals surface area contributed by atoms with Gasteiger partial charge in [0.2, 0.25) is 21.8 Å². The van der Waals surface area contributed by atoms with Gasteiger partial charge in [-0.2, -0.15) is 0 Å². The van der Waals surface area contributed by atoms with Crippen LogP contribution >= 0.6 is 0 Å². The van der Waals surface area contributed by atoms with Crippen LogP contribution in [0.25, 0.3) is 0 Å². The predicted molar refractivity (Wildman–Crippen MR) is 139 cm³/mol. The van der Waals surface area contributed by atoms with Crippen LogP contribution in [0, 0.1) is 5.82 Å². The van der Waals surface area contributed by atoms with E-state index in [1.807, 2.05) is 0 Å². The lowest BCUT2D eigenvalue weighted by molar-refractivity contribution is -0.139. The molecular formula is C26H34FN3O6S. The van der Waals surface area contributed by atoms with Crippen molar-refractivity contribution in [2.75, 3.05) is 31.3 Å². The summed E-state index contributed by atoms with van der Waals surface area (Å²) < 4.78 is 50.4. The predicted octanol–water partition coefficient (Wildman–Crippen LogP) is 3.09. The maximum absolute atomic E-state index is 13.6. The molecule has 11 heteroatoms. The molecule has 1 N–H and O–H groups in total. The van der Waals surface area contributed by atoms with Gasteiger partial charge in [-0.25, -0.2) is 12.8 Å². The third-order valence-corrected chi connectivity index (χ3v) is 7.61. The first-order chi connectivity index (χ1) is 17.5. The van der Waals surface area contributed by atoms with Gasteiger partial charge in [0.25, 0.3) is 0 Å². The van der Waals surface area contributed by atoms with Crippen molar-refractivity contribution >= 4 is 27.5 Å². The number of rotatable bonds is 11. The summed E-state index contributed by atoms with van der Waals surface area (Å²) in [5.41, 5.74) is 0.811. The highest BCUT2D eigenvalue weighted by atomic mass is 32.2. The van der Waals surface area contributed by atoms with Gasteiger partial charge in [-0.1, -0.05) is 25.0 Å². The van der Waals surface area contributed by atoms with E-state index >= 15 is 0 Å². The van der Waals surface area contributed by atoms with Crippen molar-refractivity contribution in [3.63, 3.8) is 0 Å². The second kappa shape index (κ2) is 12.3. The van der Waals surface area contributed by atoms with Gasteiger partial charge in [0.05, 0.1) is 26.2 Å². The van der Waals surface area contributed by atoms with Crippen molar-refractivity contribution in [3.05, 3.63) is 53.8 Å². The van der Waals surface area contributed by atoms with Gasteiger partial charge < -0.3 is 19.7 Å². The van der Waals surface area contributed by atoms with Crippen molar-refractivity contribution in [2.24, 2.45) is 0 Å². The van der Waals surface area contributed by atoms with E-state index in [-0.39, 0.29) is 24.2 Å². The van der Waals surface area contributed by atoms with Crippen molar-refractivity contribution in [2.45, 2.75) is 51.2 Å². The molecule has 2 aromatic rings. The van der Waals surface area contributed by atoms with Gasteiger partial charge in [0, 0.05) is 18.7 Å². The molecule has 0 aliphatic heterocycles. The van der Waals surface area contributed by atoms with Gasteiger partial charge in [-0.05, 0) is 49.6 Å². The number of nitrogens with zero attached hydrogens (tertiary/aromatic N) is 2. The zero-order valence-corrected chi connectivity index (χ0v) is 22.4. The smallest absolute Gasteiger partial charge is 0.244 e. The average molecular weight is 536 g/mol. The SMILES string of the molecule is COc1ccc(N(CC(=O)N(Cc2ccc(F)cc2)[C@@H](C)C(=O)NC2CCCC2)S(C)(=O)=O)cc1OC. The number of anilines is 1. The number of halogens is 1. The number of hydrogen-bond acceptors (Lipinski definition) is 6. The first kappa shape index (κ1) is 28.2. The maximum atomic E-state index is 13.6. The number of methoxy groups -OCH3 is 2. The summed E-state index contributed by atoms with van der Waals surface area (Å²) in [6, 6.07) is 9.29. The van der Waals surface area contributed by atoms with E-state index < -0.39 is 34.3 Å². The molecule has 1 aliphatic carbocycles. The Kier molecular flexibility index (Phi) is 9.36. The first-order valence-electron chi connectivity index (χ1n) is 12.1. The van der Waals surface area contributed by atoms with E-state index in [4.69, 9.17) is 9.47 Å². The molecule has 0 radical (unpaired) electrons. The summed E-state index contributed by atoms with van der Waals surface area (Å²) in [6.07, 6.45) is 4.83. The van der Waals surface area contributed by atoms with Crippen LogP contribution in [0.4, 0.5) is 10.1 Å². The molecule has 0 spiro atoms. The highest BCUT2D eigenvalue weighted by molar-refractivity contribution is 7.92. The lowest BCUT2D eigenvalue weighted by Gasteiger charge is -2.32. The Morgan fingerprint density at radius 2 is 1.68 bits per heavy atom. The Labute approximate surface area is 217 Å². The number of sulfonamides is 1. The third kappa shape index (κ3) is 7.34. The Morgan fingerprint density at radius 1 is 1.05 bits per heavy atom. The topological polar surface area (TPSA) is 105 Å². The number of carbonyl (C=O) groups is 2. The Bertz CT molecular complexity index is 1200. The molecule has 1 aliphatic rings. The molecule has 3 rings (SSSR count). The highest BCUT2D eigenvalue weighted by Crippen LogP contribution is 2.32. The summed E-state index contributed by atoms with van der Waals surface area (Å²) in [5.74, 6) is -0.627. The summed E-state index contributed by atoms with van der Waals surface area (Å²) in [5, 5.41) is 3.00. The summed E-state index contributed by atoms with van der Waals surface area (Å²) in [7, 11) is -1.01. The van der Waals surface area contributed by atoms with E-state index in [1.165, 1.54) is 55.5 Å². The molecule has 1 atom stereocenters. The number of amides is 2. The molecule has 37 heavy (non-hydrogen) atoms. The molecule has 1 fully saturated rings. The number of carbonyl (C=O) groups excluding carboxylic acids is 2. The van der Waals surface area contributed by atoms with E-state index in [1.54, 1.807) is 13.0 Å². The maximum Gasteiger partial charge on any atom is 0.244 e. The Balaban J connectivity index is 1.90. The van der Waals surface area contributed by atoms with Gasteiger partial charge >= 0.3 is 0 Å². The molecule has 0 unspecified atom stereocenters. The fourth-order valence-corrected chi connectivity index (χ4v) is 5.20. The minimum absolute atomic E-state index is 0.00189. The molecule has 202 valence electrons. The van der Waals surface area contributed by atoms with Crippen LogP contribution in [-0.2, 0) is 26.2 Å². The number of ether oxygens (including phenoxy) is 2. The summed E-state index contributed by atoms with van der Waals surface area (Å²) >= 11 is 0. The van der Waals surface area contributed by atoms with Crippen molar-refractivity contribution < 1.29 is 31.9 Å². The molecule has 0 bridgehead atoms. The second-order valence-electron chi connectivity index (χ2n) is 9.12. The number of nitrogens with one attached hydrogen (secondary N) is 1. The minimum atomic E-state index is -3.89. The number of hydrogen-bond donors (Lipinski definition) is 1. The van der Waals surface area contributed by atoms with Crippen LogP contribution in [0.15, 0.2) is 42.5 Å². The average Bonchev–Trinajstić information content (AvgIpc) is 3.38. The fourth-order valence-electron chi connectivity index (χ4n) is 4.35. The largest absolute Gasteiger partial charge is 0.493 e. The normalized spacial score (nSPS) is 14.6. The molecule has 1 saturated carbocycles. The van der Waals surface area contributed by atoms with Crippen LogP contribution in [0.5, 0.6) is 11.5 Å². The molecule has 9 nitrogen and oxygen atoms in total. The van der Waals surface area contributed by atoms with Gasteiger partial charge in [-0.3, -0.25) is 13.9 Å². The van der Waals surface area contributed by atoms with E-state index in [0.717, 1.165) is 36.2 Å². The Morgan fingerprint density at radius 3 is 2.24 bits per heavy atom. The summed E-state index contributed by atoms with van der Waals surface area (Å²) in [6.45, 7) is 1.06. The molecule has 0 saturated heterocycles. The molecule has 0 aromatic heterocycles. The van der Waals surface area contributed by atoms with Gasteiger partial charge in [-0.15, -0.1) is 0 Å². The van der Waals surface area contributed by atoms with Crippen molar-refractivity contribution in [1.82, 2.24) is 10.2 Å². The van der Waals surface area contributed by atoms with Crippen molar-refractivity contribution in [1.29, 1.82) is 0 Å². The molecule has 0 heterocycles. The van der Waals surface area contributed by atoms with Crippen LogP contribution in [0.3, 0.4) is 0 Å². The standard InChI is InChI=1S/C26H34FN3O6S/c1-18(26(32)28-21-7-5-6-8-21)29(16-19-9-11-20(27)12-10-19)25(31)17-30(37(4,33)34)22-13-14-23(35-2)24(15-22)36-3/h9-15,18,21H,5-8,16-17H2,1-4H3,(H,28,32)/t18-/m0/s1. The lowest BCUT2D eigenvalue weighted by Crippen LogP contribution is -2.52. The van der Waals surface area contributed by atoms with Crippen LogP contribution in [0.2, 0.25) is 0 Å². The molecule has 2 aromatic carbocycles. The van der Waals surface area contributed by atoms with E-state index in [2.05, 4.69) is 5.32 Å². The van der Waals surface area contributed by atoms with Crippen LogP contribution < -0.4 is 19.1 Å². The van der Waals surface area contributed by atoms with Crippen LogP contribution in [-0.4, -0.2) is 64.2 Å². The zero-order valence-electron chi connectivity index (χ0n) is 21.6. The molecular weight excluding hydrogens is 501 g/mol. The van der Waals surface area contributed by atoms with Gasteiger partial charge in [0.1, 0.15) is 18.4 Å². The highest BCUT2D eigenvalue weighted by Gasteiger charge is 2.31. The van der Waals surface area contributed by atoms with E-state index in [9.17, 15) is 22.4 Å². The number of benzene rings is 2. The molecule has 2 amide bonds. The second-order valence-corrected chi connectivity index (χ2v) is 11.0. The van der Waals surface area contributed by atoms with E-state index in [0.29, 0.717) is 17.1 Å². The van der Waals surface area contributed by atoms with Crippen LogP contribution in [0.1, 0.15) is 38.2 Å². The quantitative estimate of drug-likeness (QED) is 0.474. The first-order valence-corrected chi connectivity index (χ1v) is 13.9. The Hall–Kier alpha value is -3.34. The summed E-state index contributed by atoms with van der Waals surface area (Å²) in [4.78, 5) is 28.0. The third-order valence-electron chi connectivity index (χ3n) is 6.47. The monoisotopic (exact) mass is 535 g/mol. The van der Waals surface area contributed by atoms with Crippen molar-refractivity contribution in [3.8, 4) is 11.5 Å². The lowest BCUT2D eigenvalue weighted by atomic mass is 10.1. The van der Waals surface area contributed by atoms with Gasteiger partial charge in [0.15, 0.2) is 11.5 Å².